The highest BCUT2D eigenvalue weighted by molar-refractivity contribution is 9.10. The Morgan fingerprint density at radius 2 is 2.00 bits per heavy atom. The Morgan fingerprint density at radius 1 is 1.35 bits per heavy atom. The molecule has 1 saturated heterocycles. The second-order valence-corrected chi connectivity index (χ2v) is 6.87. The van der Waals surface area contributed by atoms with Crippen molar-refractivity contribution in [3.05, 3.63) is 33.8 Å². The number of likely N-dealkylation sites (tertiary alicyclic amines) is 1. The van der Waals surface area contributed by atoms with Gasteiger partial charge in [0.1, 0.15) is 0 Å². The normalized spacial score (nSPS) is 17.2. The van der Waals surface area contributed by atoms with Crippen molar-refractivity contribution in [2.45, 2.75) is 19.8 Å². The van der Waals surface area contributed by atoms with Crippen molar-refractivity contribution in [2.75, 3.05) is 33.7 Å². The molecule has 20 heavy (non-hydrogen) atoms. The standard InChI is InChI=1S/C16H23BrN2O/c1-12-8-14(10-15(17)9-12)16(20)19(3)11-13-4-6-18(2)7-5-13/h8-10,13H,4-7,11H2,1-3H3. The van der Waals surface area contributed by atoms with Crippen molar-refractivity contribution >= 4 is 21.8 Å². The van der Waals surface area contributed by atoms with Gasteiger partial charge in [0.15, 0.2) is 0 Å². The number of carbonyl (C=O) groups is 1. The van der Waals surface area contributed by atoms with Gasteiger partial charge in [0.25, 0.3) is 5.91 Å². The minimum Gasteiger partial charge on any atom is -0.341 e. The third-order valence-electron chi connectivity index (χ3n) is 4.01. The van der Waals surface area contributed by atoms with E-state index < -0.39 is 0 Å². The third kappa shape index (κ3) is 4.06. The first-order valence-corrected chi connectivity index (χ1v) is 7.96. The van der Waals surface area contributed by atoms with Gasteiger partial charge in [-0.25, -0.2) is 0 Å². The number of benzene rings is 1. The Balaban J connectivity index is 1.98. The lowest BCUT2D eigenvalue weighted by Crippen LogP contribution is -2.38. The molecule has 1 aromatic rings. The summed E-state index contributed by atoms with van der Waals surface area (Å²) in [6.07, 6.45) is 2.37. The first-order chi connectivity index (χ1) is 9.45. The van der Waals surface area contributed by atoms with Crippen LogP contribution >= 0.6 is 15.9 Å². The summed E-state index contributed by atoms with van der Waals surface area (Å²) in [4.78, 5) is 16.7. The van der Waals surface area contributed by atoms with Crippen LogP contribution in [0, 0.1) is 12.8 Å². The van der Waals surface area contributed by atoms with Crippen LogP contribution in [-0.2, 0) is 0 Å². The van der Waals surface area contributed by atoms with Crippen molar-refractivity contribution < 1.29 is 4.79 Å². The van der Waals surface area contributed by atoms with Crippen LogP contribution in [0.3, 0.4) is 0 Å². The highest BCUT2D eigenvalue weighted by Gasteiger charge is 2.21. The zero-order valence-corrected chi connectivity index (χ0v) is 14.1. The van der Waals surface area contributed by atoms with Crippen LogP contribution in [0.4, 0.5) is 0 Å². The van der Waals surface area contributed by atoms with E-state index in [1.807, 2.05) is 37.1 Å². The summed E-state index contributed by atoms with van der Waals surface area (Å²) in [5.74, 6) is 0.752. The molecule has 0 atom stereocenters. The lowest BCUT2D eigenvalue weighted by atomic mass is 9.96. The van der Waals surface area contributed by atoms with Gasteiger partial charge in [-0.3, -0.25) is 4.79 Å². The molecule has 0 spiro atoms. The number of carbonyl (C=O) groups excluding carboxylic acids is 1. The summed E-state index contributed by atoms with van der Waals surface area (Å²) in [6.45, 7) is 5.15. The van der Waals surface area contributed by atoms with Crippen LogP contribution in [0.25, 0.3) is 0 Å². The number of nitrogens with zero attached hydrogens (tertiary/aromatic N) is 2. The van der Waals surface area contributed by atoms with Gasteiger partial charge in [-0.2, -0.15) is 0 Å². The van der Waals surface area contributed by atoms with Crippen molar-refractivity contribution in [1.29, 1.82) is 0 Å². The number of rotatable bonds is 3. The lowest BCUT2D eigenvalue weighted by Gasteiger charge is -2.31. The molecule has 0 N–H and O–H groups in total. The molecule has 0 bridgehead atoms. The Labute approximate surface area is 130 Å². The van der Waals surface area contributed by atoms with Gasteiger partial charge in [-0.05, 0) is 69.6 Å². The van der Waals surface area contributed by atoms with Crippen molar-refractivity contribution in [2.24, 2.45) is 5.92 Å². The maximum Gasteiger partial charge on any atom is 0.253 e. The van der Waals surface area contributed by atoms with E-state index in [0.717, 1.165) is 35.2 Å². The smallest absolute Gasteiger partial charge is 0.253 e. The monoisotopic (exact) mass is 338 g/mol. The largest absolute Gasteiger partial charge is 0.341 e. The third-order valence-corrected chi connectivity index (χ3v) is 4.46. The maximum absolute atomic E-state index is 12.5. The van der Waals surface area contributed by atoms with E-state index in [1.54, 1.807) is 0 Å². The minimum atomic E-state index is 0.119. The quantitative estimate of drug-likeness (QED) is 0.845. The molecular formula is C16H23BrN2O. The number of hydrogen-bond donors (Lipinski definition) is 0. The zero-order chi connectivity index (χ0) is 14.7. The molecule has 3 nitrogen and oxygen atoms in total. The second-order valence-electron chi connectivity index (χ2n) is 5.95. The van der Waals surface area contributed by atoms with Crippen LogP contribution in [0.2, 0.25) is 0 Å². The van der Waals surface area contributed by atoms with E-state index in [0.29, 0.717) is 5.92 Å². The zero-order valence-electron chi connectivity index (χ0n) is 12.5. The maximum atomic E-state index is 12.5. The first-order valence-electron chi connectivity index (χ1n) is 7.17. The van der Waals surface area contributed by atoms with Gasteiger partial charge in [0.05, 0.1) is 0 Å². The Hall–Kier alpha value is -0.870. The van der Waals surface area contributed by atoms with Gasteiger partial charge >= 0.3 is 0 Å². The molecule has 4 heteroatoms. The van der Waals surface area contributed by atoms with Gasteiger partial charge in [0, 0.05) is 23.6 Å². The summed E-state index contributed by atoms with van der Waals surface area (Å²) in [5, 5.41) is 0. The fourth-order valence-corrected chi connectivity index (χ4v) is 3.40. The van der Waals surface area contributed by atoms with Gasteiger partial charge in [-0.15, -0.1) is 0 Å². The van der Waals surface area contributed by atoms with E-state index in [4.69, 9.17) is 0 Å². The fourth-order valence-electron chi connectivity index (χ4n) is 2.80. The molecule has 0 aliphatic carbocycles. The number of halogens is 1. The van der Waals surface area contributed by atoms with Crippen LogP contribution in [0.1, 0.15) is 28.8 Å². The van der Waals surface area contributed by atoms with Gasteiger partial charge < -0.3 is 9.80 Å². The van der Waals surface area contributed by atoms with E-state index in [-0.39, 0.29) is 5.91 Å². The summed E-state index contributed by atoms with van der Waals surface area (Å²) in [7, 11) is 4.08. The topological polar surface area (TPSA) is 23.6 Å². The molecule has 110 valence electrons. The predicted octanol–water partition coefficient (Wildman–Crippen LogP) is 3.17. The fraction of sp³-hybridized carbons (Fsp3) is 0.562. The van der Waals surface area contributed by atoms with Crippen molar-refractivity contribution in [3.63, 3.8) is 0 Å². The van der Waals surface area contributed by atoms with Gasteiger partial charge in [-0.1, -0.05) is 15.9 Å². The Morgan fingerprint density at radius 3 is 2.60 bits per heavy atom. The molecule has 0 radical (unpaired) electrons. The molecule has 1 aliphatic rings. The highest BCUT2D eigenvalue weighted by atomic mass is 79.9. The Kier molecular flexibility index (Phi) is 5.22. The van der Waals surface area contributed by atoms with Crippen LogP contribution in [-0.4, -0.2) is 49.4 Å². The summed E-state index contributed by atoms with van der Waals surface area (Å²) < 4.78 is 0.966. The molecular weight excluding hydrogens is 316 g/mol. The molecule has 1 heterocycles. The summed E-state index contributed by atoms with van der Waals surface area (Å²) >= 11 is 3.46. The van der Waals surface area contributed by atoms with Crippen LogP contribution in [0.5, 0.6) is 0 Å². The van der Waals surface area contributed by atoms with Crippen LogP contribution < -0.4 is 0 Å². The average Bonchev–Trinajstić information content (AvgIpc) is 2.39. The SMILES string of the molecule is Cc1cc(Br)cc(C(=O)N(C)CC2CCN(C)CC2)c1. The van der Waals surface area contributed by atoms with Gasteiger partial charge in [0.2, 0.25) is 0 Å². The van der Waals surface area contributed by atoms with E-state index >= 15 is 0 Å². The van der Waals surface area contributed by atoms with E-state index in [9.17, 15) is 4.79 Å². The number of piperidine rings is 1. The Bertz CT molecular complexity index is 461. The molecule has 1 aromatic carbocycles. The molecule has 0 aromatic heterocycles. The molecule has 1 amide bonds. The van der Waals surface area contributed by atoms with E-state index in [1.165, 1.54) is 12.8 Å². The number of aryl methyl sites for hydroxylation is 1. The highest BCUT2D eigenvalue weighted by Crippen LogP contribution is 2.20. The van der Waals surface area contributed by atoms with Crippen LogP contribution in [0.15, 0.2) is 22.7 Å². The summed E-state index contributed by atoms with van der Waals surface area (Å²) in [5.41, 5.74) is 1.88. The number of amides is 1. The first kappa shape index (κ1) is 15.5. The number of hydrogen-bond acceptors (Lipinski definition) is 2. The molecule has 0 saturated carbocycles. The minimum absolute atomic E-state index is 0.119. The molecule has 0 unspecified atom stereocenters. The second kappa shape index (κ2) is 6.72. The molecule has 2 rings (SSSR count). The van der Waals surface area contributed by atoms with Crippen molar-refractivity contribution in [3.8, 4) is 0 Å². The van der Waals surface area contributed by atoms with E-state index in [2.05, 4.69) is 27.9 Å². The predicted molar refractivity (Wildman–Crippen MR) is 86.1 cm³/mol. The molecule has 1 aliphatic heterocycles. The average molecular weight is 339 g/mol. The van der Waals surface area contributed by atoms with Crippen molar-refractivity contribution in [1.82, 2.24) is 9.80 Å². The summed E-state index contributed by atoms with van der Waals surface area (Å²) in [6, 6.07) is 5.88. The lowest BCUT2D eigenvalue weighted by molar-refractivity contribution is 0.0747. The molecule has 1 fully saturated rings.